The Morgan fingerprint density at radius 3 is 2.32 bits per heavy atom. The highest BCUT2D eigenvalue weighted by atomic mass is 79.9. The summed E-state index contributed by atoms with van der Waals surface area (Å²) in [5.74, 6) is 0. The first kappa shape index (κ1) is 17.9. The highest BCUT2D eigenvalue weighted by Crippen LogP contribution is 2.47. The molecule has 1 N–H and O–H groups in total. The zero-order valence-corrected chi connectivity index (χ0v) is 18.5. The van der Waals surface area contributed by atoms with Crippen LogP contribution in [0.4, 0.5) is 0 Å². The molecule has 130 valence electrons. The molecule has 1 fully saturated rings. The fourth-order valence-corrected chi connectivity index (χ4v) is 7.34. The number of thiophene rings is 2. The Hall–Kier alpha value is -0.510. The maximum absolute atomic E-state index is 12.9. The van der Waals surface area contributed by atoms with Crippen LogP contribution in [0.15, 0.2) is 61.0 Å². The van der Waals surface area contributed by atoms with E-state index in [1.54, 1.807) is 17.4 Å². The molecule has 8 heteroatoms. The van der Waals surface area contributed by atoms with Gasteiger partial charge in [-0.1, -0.05) is 28.1 Å². The van der Waals surface area contributed by atoms with Gasteiger partial charge in [-0.15, -0.1) is 22.7 Å². The van der Waals surface area contributed by atoms with Crippen LogP contribution >= 0.6 is 54.5 Å². The largest absolute Gasteiger partial charge is 0.250 e. The maximum atomic E-state index is 12.9. The van der Waals surface area contributed by atoms with Crippen LogP contribution in [0.1, 0.15) is 18.4 Å². The van der Waals surface area contributed by atoms with E-state index in [-0.39, 0.29) is 0 Å². The molecule has 1 saturated carbocycles. The molecule has 0 spiro atoms. The van der Waals surface area contributed by atoms with Crippen molar-refractivity contribution in [2.45, 2.75) is 22.6 Å². The summed E-state index contributed by atoms with van der Waals surface area (Å²) in [5, 5.41) is 0. The second-order valence-electron chi connectivity index (χ2n) is 5.92. The number of rotatable bonds is 5. The fraction of sp³-hybridized carbons (Fsp3) is 0.176. The van der Waals surface area contributed by atoms with Gasteiger partial charge in [0.25, 0.3) is 10.0 Å². The van der Waals surface area contributed by atoms with Gasteiger partial charge in [-0.25, -0.2) is 8.42 Å². The number of nitrogens with one attached hydrogen (secondary N) is 1. The van der Waals surface area contributed by atoms with E-state index in [0.717, 1.165) is 36.4 Å². The molecule has 0 bridgehead atoms. The number of sulfonamides is 1. The summed E-state index contributed by atoms with van der Waals surface area (Å²) in [6.45, 7) is 0. The van der Waals surface area contributed by atoms with E-state index >= 15 is 0 Å². The Labute approximate surface area is 171 Å². The zero-order valence-electron chi connectivity index (χ0n) is 12.8. The first-order valence-electron chi connectivity index (χ1n) is 7.54. The molecule has 1 aromatic carbocycles. The summed E-state index contributed by atoms with van der Waals surface area (Å²) in [5.41, 5.74) is 0.531. The first-order chi connectivity index (χ1) is 11.9. The highest BCUT2D eigenvalue weighted by Gasteiger charge is 2.47. The molecule has 4 rings (SSSR count). The second kappa shape index (κ2) is 6.58. The molecular weight excluding hydrogens is 506 g/mol. The van der Waals surface area contributed by atoms with Crippen LogP contribution < -0.4 is 4.72 Å². The summed E-state index contributed by atoms with van der Waals surface area (Å²) in [6, 6.07) is 15.4. The van der Waals surface area contributed by atoms with E-state index < -0.39 is 15.6 Å². The summed E-state index contributed by atoms with van der Waals surface area (Å²) in [4.78, 5) is 2.02. The maximum Gasteiger partial charge on any atom is 0.250 e. The van der Waals surface area contributed by atoms with Crippen LogP contribution in [0.2, 0.25) is 0 Å². The van der Waals surface area contributed by atoms with Crippen LogP contribution in [0, 0.1) is 0 Å². The quantitative estimate of drug-likeness (QED) is 0.452. The second-order valence-corrected chi connectivity index (χ2v) is 12.3. The zero-order chi connectivity index (χ0) is 17.7. The van der Waals surface area contributed by atoms with Crippen LogP contribution in [0.25, 0.3) is 9.75 Å². The van der Waals surface area contributed by atoms with Gasteiger partial charge in [0.1, 0.15) is 4.21 Å². The van der Waals surface area contributed by atoms with Crippen LogP contribution in [0.5, 0.6) is 0 Å². The van der Waals surface area contributed by atoms with Gasteiger partial charge in [0.05, 0.1) is 9.33 Å². The normalized spacial score (nSPS) is 16.1. The van der Waals surface area contributed by atoms with Gasteiger partial charge in [0.2, 0.25) is 0 Å². The van der Waals surface area contributed by atoms with Crippen LogP contribution in [-0.4, -0.2) is 8.42 Å². The van der Waals surface area contributed by atoms with Crippen molar-refractivity contribution in [3.8, 4) is 9.75 Å². The molecule has 0 amide bonds. The first-order valence-corrected chi connectivity index (χ1v) is 12.2. The summed E-state index contributed by atoms with van der Waals surface area (Å²) in [7, 11) is -3.55. The molecule has 0 atom stereocenters. The average Bonchev–Trinajstić information content (AvgIpc) is 2.98. The molecular formula is C17H13Br2NO2S3. The average molecular weight is 519 g/mol. The third-order valence-corrected chi connectivity index (χ3v) is 9.55. The van der Waals surface area contributed by atoms with E-state index in [1.165, 1.54) is 11.3 Å². The predicted molar refractivity (Wildman–Crippen MR) is 111 cm³/mol. The van der Waals surface area contributed by atoms with Crippen LogP contribution in [-0.2, 0) is 15.6 Å². The van der Waals surface area contributed by atoms with Crippen molar-refractivity contribution >= 4 is 64.6 Å². The minimum atomic E-state index is -3.55. The lowest BCUT2D eigenvalue weighted by Crippen LogP contribution is -2.34. The standard InChI is InChI=1S/C17H13Br2NO2S3/c18-12-3-1-2-11(10-12)17(8-9-17)20-25(21,22)16-7-5-14(24-16)13-4-6-15(19)23-13/h1-7,10,20H,8-9H2. The summed E-state index contributed by atoms with van der Waals surface area (Å²) >= 11 is 9.80. The van der Waals surface area contributed by atoms with E-state index in [0.29, 0.717) is 4.21 Å². The molecule has 3 aromatic rings. The molecule has 0 saturated heterocycles. The molecule has 2 aromatic heterocycles. The van der Waals surface area contributed by atoms with Crippen molar-refractivity contribution in [3.05, 3.63) is 62.4 Å². The van der Waals surface area contributed by atoms with Gasteiger partial charge < -0.3 is 0 Å². The topological polar surface area (TPSA) is 46.2 Å². The lowest BCUT2D eigenvalue weighted by atomic mass is 10.1. The van der Waals surface area contributed by atoms with Gasteiger partial charge in [-0.3, -0.25) is 0 Å². The van der Waals surface area contributed by atoms with Gasteiger partial charge in [0.15, 0.2) is 0 Å². The number of benzene rings is 1. The Balaban J connectivity index is 1.61. The molecule has 3 nitrogen and oxygen atoms in total. The van der Waals surface area contributed by atoms with Crippen molar-refractivity contribution in [2.75, 3.05) is 0 Å². The third-order valence-electron chi connectivity index (χ3n) is 4.12. The van der Waals surface area contributed by atoms with Crippen molar-refractivity contribution < 1.29 is 8.42 Å². The Morgan fingerprint density at radius 2 is 1.68 bits per heavy atom. The van der Waals surface area contributed by atoms with Crippen LogP contribution in [0.3, 0.4) is 0 Å². The molecule has 2 heterocycles. The van der Waals surface area contributed by atoms with Crippen molar-refractivity contribution in [3.63, 3.8) is 0 Å². The van der Waals surface area contributed by atoms with E-state index in [4.69, 9.17) is 0 Å². The van der Waals surface area contributed by atoms with Gasteiger partial charge in [-0.2, -0.15) is 4.72 Å². The lowest BCUT2D eigenvalue weighted by molar-refractivity contribution is 0.553. The van der Waals surface area contributed by atoms with Crippen molar-refractivity contribution in [1.29, 1.82) is 0 Å². The number of hydrogen-bond donors (Lipinski definition) is 1. The van der Waals surface area contributed by atoms with E-state index in [1.807, 2.05) is 42.5 Å². The fourth-order valence-electron chi connectivity index (χ4n) is 2.71. The monoisotopic (exact) mass is 517 g/mol. The molecule has 25 heavy (non-hydrogen) atoms. The minimum absolute atomic E-state index is 0.355. The van der Waals surface area contributed by atoms with E-state index in [9.17, 15) is 8.42 Å². The summed E-state index contributed by atoms with van der Waals surface area (Å²) in [6.07, 6.45) is 1.64. The Morgan fingerprint density at radius 1 is 0.960 bits per heavy atom. The van der Waals surface area contributed by atoms with Gasteiger partial charge in [0, 0.05) is 14.2 Å². The third kappa shape index (κ3) is 3.65. The number of halogens is 2. The Kier molecular flexibility index (Phi) is 4.71. The lowest BCUT2D eigenvalue weighted by Gasteiger charge is -2.17. The highest BCUT2D eigenvalue weighted by molar-refractivity contribution is 9.11. The van der Waals surface area contributed by atoms with Gasteiger partial charge >= 0.3 is 0 Å². The van der Waals surface area contributed by atoms with Crippen molar-refractivity contribution in [2.24, 2.45) is 0 Å². The molecule has 0 radical (unpaired) electrons. The minimum Gasteiger partial charge on any atom is -0.206 e. The van der Waals surface area contributed by atoms with Crippen molar-refractivity contribution in [1.82, 2.24) is 4.72 Å². The predicted octanol–water partition coefficient (Wildman–Crippen LogP) is 5.97. The molecule has 0 aliphatic heterocycles. The van der Waals surface area contributed by atoms with Gasteiger partial charge in [-0.05, 0) is 70.7 Å². The van der Waals surface area contributed by atoms with E-state index in [2.05, 4.69) is 36.6 Å². The SMILES string of the molecule is O=S(=O)(NC1(c2cccc(Br)c2)CC1)c1ccc(-c2ccc(Br)s2)s1. The summed E-state index contributed by atoms with van der Waals surface area (Å²) < 4.78 is 31.0. The molecule has 1 aliphatic carbocycles. The Bertz CT molecular complexity index is 1040. The smallest absolute Gasteiger partial charge is 0.206 e. The molecule has 0 unspecified atom stereocenters. The molecule has 1 aliphatic rings. The number of hydrogen-bond acceptors (Lipinski definition) is 4.